The largest absolute Gasteiger partial charge is 0.486 e. The normalized spacial score (nSPS) is 18.9. The first-order valence-electron chi connectivity index (χ1n) is 7.60. The SMILES string of the molecule is C1=CSCC1.CCCCCC1C=Cc2ccccc2O1. The first kappa shape index (κ1) is 15.2. The number of ether oxygens (including phenoxy) is 1. The predicted molar refractivity (Wildman–Crippen MR) is 90.2 cm³/mol. The van der Waals surface area contributed by atoms with E-state index in [0.29, 0.717) is 0 Å². The minimum Gasteiger partial charge on any atom is -0.486 e. The van der Waals surface area contributed by atoms with Crippen molar-refractivity contribution < 1.29 is 4.74 Å². The average molecular weight is 288 g/mol. The Labute approximate surface area is 127 Å². The fourth-order valence-corrected chi connectivity index (χ4v) is 2.91. The molecule has 0 saturated carbocycles. The molecule has 2 heteroatoms. The second kappa shape index (κ2) is 8.91. The third kappa shape index (κ3) is 5.09. The molecule has 2 aliphatic rings. The summed E-state index contributed by atoms with van der Waals surface area (Å²) in [6.45, 7) is 2.23. The smallest absolute Gasteiger partial charge is 0.127 e. The first-order chi connectivity index (χ1) is 9.90. The van der Waals surface area contributed by atoms with Gasteiger partial charge in [0.15, 0.2) is 0 Å². The van der Waals surface area contributed by atoms with E-state index in [1.807, 2.05) is 30.0 Å². The standard InChI is InChI=1S/C14H18O.C4H6S/c1-2-3-4-8-13-11-10-12-7-5-6-9-14(12)15-13;1-2-4-5-3-1/h5-7,9-11,13H,2-4,8H2,1H3;1,3H,2,4H2. The van der Waals surface area contributed by atoms with Crippen molar-refractivity contribution in [2.24, 2.45) is 0 Å². The lowest BCUT2D eigenvalue weighted by Crippen LogP contribution is -2.16. The Balaban J connectivity index is 0.000000247. The Kier molecular flexibility index (Phi) is 6.79. The maximum absolute atomic E-state index is 5.89. The molecule has 1 aromatic rings. The van der Waals surface area contributed by atoms with Crippen molar-refractivity contribution in [2.75, 3.05) is 5.75 Å². The van der Waals surface area contributed by atoms with Crippen LogP contribution in [0.15, 0.2) is 41.8 Å². The zero-order chi connectivity index (χ0) is 14.0. The van der Waals surface area contributed by atoms with Gasteiger partial charge in [-0.3, -0.25) is 0 Å². The molecule has 0 aromatic heterocycles. The lowest BCUT2D eigenvalue weighted by atomic mass is 10.1. The Morgan fingerprint density at radius 3 is 2.85 bits per heavy atom. The van der Waals surface area contributed by atoms with Crippen LogP contribution in [0.25, 0.3) is 6.08 Å². The molecule has 2 aliphatic heterocycles. The Morgan fingerprint density at radius 1 is 1.25 bits per heavy atom. The predicted octanol–water partition coefficient (Wildman–Crippen LogP) is 5.68. The molecule has 20 heavy (non-hydrogen) atoms. The van der Waals surface area contributed by atoms with Crippen LogP contribution in [0.5, 0.6) is 5.75 Å². The number of fused-ring (bicyclic) bond motifs is 1. The molecule has 0 amide bonds. The van der Waals surface area contributed by atoms with Crippen molar-refractivity contribution in [1.29, 1.82) is 0 Å². The van der Waals surface area contributed by atoms with E-state index in [1.165, 1.54) is 37.0 Å². The van der Waals surface area contributed by atoms with Gasteiger partial charge < -0.3 is 4.74 Å². The molecule has 1 nitrogen and oxygen atoms in total. The molecule has 0 radical (unpaired) electrons. The quantitative estimate of drug-likeness (QED) is 0.659. The summed E-state index contributed by atoms with van der Waals surface area (Å²) in [5, 5.41) is 2.15. The third-order valence-corrected chi connectivity index (χ3v) is 4.23. The van der Waals surface area contributed by atoms with Crippen LogP contribution in [0.1, 0.15) is 44.6 Å². The Bertz CT molecular complexity index is 444. The second-order valence-corrected chi connectivity index (χ2v) is 6.09. The van der Waals surface area contributed by atoms with Gasteiger partial charge in [-0.15, -0.1) is 11.8 Å². The number of hydrogen-bond donors (Lipinski definition) is 0. The number of hydrogen-bond acceptors (Lipinski definition) is 2. The number of thioether (sulfide) groups is 1. The van der Waals surface area contributed by atoms with Crippen molar-refractivity contribution in [3.8, 4) is 5.75 Å². The molecule has 0 spiro atoms. The van der Waals surface area contributed by atoms with Crippen LogP contribution in [0, 0.1) is 0 Å². The average Bonchev–Trinajstić information content (AvgIpc) is 3.07. The number of para-hydroxylation sites is 1. The van der Waals surface area contributed by atoms with E-state index in [1.54, 1.807) is 0 Å². The number of rotatable bonds is 4. The number of unbranched alkanes of at least 4 members (excludes halogenated alkanes) is 2. The van der Waals surface area contributed by atoms with Crippen LogP contribution in [-0.2, 0) is 0 Å². The van der Waals surface area contributed by atoms with Gasteiger partial charge >= 0.3 is 0 Å². The van der Waals surface area contributed by atoms with Crippen LogP contribution in [-0.4, -0.2) is 11.9 Å². The minimum absolute atomic E-state index is 0.284. The topological polar surface area (TPSA) is 9.23 Å². The van der Waals surface area contributed by atoms with E-state index in [4.69, 9.17) is 4.74 Å². The summed E-state index contributed by atoms with van der Waals surface area (Å²) in [5.41, 5.74) is 1.20. The molecule has 108 valence electrons. The van der Waals surface area contributed by atoms with Gasteiger partial charge in [0.25, 0.3) is 0 Å². The van der Waals surface area contributed by atoms with Crippen LogP contribution in [0.3, 0.4) is 0 Å². The summed E-state index contributed by atoms with van der Waals surface area (Å²) in [6.07, 6.45) is 13.1. The van der Waals surface area contributed by atoms with E-state index in [9.17, 15) is 0 Å². The van der Waals surface area contributed by atoms with Gasteiger partial charge in [-0.25, -0.2) is 0 Å². The lowest BCUT2D eigenvalue weighted by Gasteiger charge is -2.21. The van der Waals surface area contributed by atoms with Gasteiger partial charge in [0.05, 0.1) is 0 Å². The molecule has 1 aromatic carbocycles. The molecule has 0 N–H and O–H groups in total. The molecule has 1 atom stereocenters. The summed E-state index contributed by atoms with van der Waals surface area (Å²) in [6, 6.07) is 8.21. The van der Waals surface area contributed by atoms with E-state index in [2.05, 4.69) is 36.6 Å². The highest BCUT2D eigenvalue weighted by Gasteiger charge is 2.12. The van der Waals surface area contributed by atoms with E-state index < -0.39 is 0 Å². The van der Waals surface area contributed by atoms with Gasteiger partial charge in [0.1, 0.15) is 11.9 Å². The summed E-state index contributed by atoms with van der Waals surface area (Å²) < 4.78 is 5.89. The molecule has 0 bridgehead atoms. The van der Waals surface area contributed by atoms with Gasteiger partial charge in [-0.2, -0.15) is 0 Å². The highest BCUT2D eigenvalue weighted by Crippen LogP contribution is 2.26. The van der Waals surface area contributed by atoms with Crippen molar-refractivity contribution in [1.82, 2.24) is 0 Å². The van der Waals surface area contributed by atoms with Crippen molar-refractivity contribution >= 4 is 17.8 Å². The maximum Gasteiger partial charge on any atom is 0.127 e. The summed E-state index contributed by atoms with van der Waals surface area (Å²) in [7, 11) is 0. The first-order valence-corrected chi connectivity index (χ1v) is 8.65. The Morgan fingerprint density at radius 2 is 2.15 bits per heavy atom. The number of benzene rings is 1. The van der Waals surface area contributed by atoms with Crippen LogP contribution in [0.4, 0.5) is 0 Å². The number of allylic oxidation sites excluding steroid dienone is 1. The second-order valence-electron chi connectivity index (χ2n) is 5.08. The van der Waals surface area contributed by atoms with E-state index in [0.717, 1.165) is 12.2 Å². The molecule has 0 saturated heterocycles. The van der Waals surface area contributed by atoms with Crippen molar-refractivity contribution in [3.05, 3.63) is 47.4 Å². The molecule has 1 unspecified atom stereocenters. The third-order valence-electron chi connectivity index (χ3n) is 3.37. The lowest BCUT2D eigenvalue weighted by molar-refractivity contribution is 0.230. The van der Waals surface area contributed by atoms with Crippen molar-refractivity contribution in [2.45, 2.75) is 45.1 Å². The summed E-state index contributed by atoms with van der Waals surface area (Å²) in [4.78, 5) is 0. The Hall–Kier alpha value is -1.15. The molecular weight excluding hydrogens is 264 g/mol. The summed E-state index contributed by atoms with van der Waals surface area (Å²) in [5.74, 6) is 2.33. The summed E-state index contributed by atoms with van der Waals surface area (Å²) >= 11 is 1.89. The molecular formula is C18H24OS. The monoisotopic (exact) mass is 288 g/mol. The van der Waals surface area contributed by atoms with Gasteiger partial charge in [-0.05, 0) is 36.8 Å². The van der Waals surface area contributed by atoms with Crippen LogP contribution >= 0.6 is 11.8 Å². The highest BCUT2D eigenvalue weighted by atomic mass is 32.2. The molecule has 0 fully saturated rings. The van der Waals surface area contributed by atoms with Crippen LogP contribution < -0.4 is 4.74 Å². The van der Waals surface area contributed by atoms with Crippen molar-refractivity contribution in [3.63, 3.8) is 0 Å². The van der Waals surface area contributed by atoms with Crippen LogP contribution in [0.2, 0.25) is 0 Å². The molecule has 0 aliphatic carbocycles. The molecule has 3 rings (SSSR count). The zero-order valence-corrected chi connectivity index (χ0v) is 13.1. The van der Waals surface area contributed by atoms with Gasteiger partial charge in [0, 0.05) is 11.3 Å². The van der Waals surface area contributed by atoms with Gasteiger partial charge in [0.2, 0.25) is 0 Å². The minimum atomic E-state index is 0.284. The van der Waals surface area contributed by atoms with Gasteiger partial charge in [-0.1, -0.05) is 50.1 Å². The van der Waals surface area contributed by atoms with E-state index >= 15 is 0 Å². The molecule has 2 heterocycles. The highest BCUT2D eigenvalue weighted by molar-refractivity contribution is 8.02. The fourth-order valence-electron chi connectivity index (χ4n) is 2.23. The van der Waals surface area contributed by atoms with E-state index in [-0.39, 0.29) is 6.10 Å². The zero-order valence-electron chi connectivity index (χ0n) is 12.3. The fraction of sp³-hybridized carbons (Fsp3) is 0.444. The maximum atomic E-state index is 5.89.